The van der Waals surface area contributed by atoms with Crippen LogP contribution in [0.5, 0.6) is 5.75 Å². The van der Waals surface area contributed by atoms with E-state index in [9.17, 15) is 4.79 Å². The summed E-state index contributed by atoms with van der Waals surface area (Å²) in [5.41, 5.74) is 2.49. The van der Waals surface area contributed by atoms with Crippen LogP contribution in [0.3, 0.4) is 0 Å². The lowest BCUT2D eigenvalue weighted by atomic mass is 9.78. The fraction of sp³-hybridized carbons (Fsp3) is 0.391. The third kappa shape index (κ3) is 3.80. The monoisotopic (exact) mass is 475 g/mol. The van der Waals surface area contributed by atoms with Crippen LogP contribution in [0, 0.1) is 23.5 Å². The molecular weight excluding hydrogens is 450 g/mol. The molecule has 5 rings (SSSR count). The zero-order valence-corrected chi connectivity index (χ0v) is 20.0. The van der Waals surface area contributed by atoms with E-state index in [2.05, 4.69) is 23.6 Å². The fourth-order valence-corrected chi connectivity index (χ4v) is 4.90. The van der Waals surface area contributed by atoms with Gasteiger partial charge in [-0.05, 0) is 58.4 Å². The molecule has 9 heteroatoms. The van der Waals surface area contributed by atoms with Crippen LogP contribution in [0.4, 0.5) is 14.5 Å². The highest BCUT2D eigenvalue weighted by Crippen LogP contribution is 2.55. The maximum Gasteiger partial charge on any atom is 0.233 e. The maximum atomic E-state index is 15.2. The third-order valence-corrected chi connectivity index (χ3v) is 7.04. The van der Waals surface area contributed by atoms with Crippen molar-refractivity contribution in [3.8, 4) is 5.75 Å². The second-order valence-electron chi connectivity index (χ2n) is 8.76. The number of aromatic nitrogens is 2. The molecule has 2 aromatic carbocycles. The Labute approximate surface area is 190 Å². The van der Waals surface area contributed by atoms with Gasteiger partial charge in [-0.1, -0.05) is 6.92 Å². The molecule has 0 radical (unpaired) electrons. The molecule has 0 N–H and O–H groups in total. The van der Waals surface area contributed by atoms with Crippen molar-refractivity contribution in [1.29, 1.82) is 0 Å². The van der Waals surface area contributed by atoms with Gasteiger partial charge in [0.05, 0.1) is 35.9 Å². The van der Waals surface area contributed by atoms with Gasteiger partial charge in [-0.15, -0.1) is 9.24 Å². The second-order valence-corrected chi connectivity index (χ2v) is 10.5. The summed E-state index contributed by atoms with van der Waals surface area (Å²) in [6.07, 6.45) is 4.25. The fourth-order valence-electron chi connectivity index (χ4n) is 4.48. The molecular formula is C23H25F2N3O2P2. The zero-order chi connectivity index (χ0) is 22.6. The average Bonchev–Trinajstić information content (AvgIpc) is 3.48. The lowest BCUT2D eigenvalue weighted by Gasteiger charge is -2.48. The van der Waals surface area contributed by atoms with Gasteiger partial charge >= 0.3 is 0 Å². The van der Waals surface area contributed by atoms with Crippen LogP contribution in [-0.2, 0) is 4.79 Å². The molecule has 4 unspecified atom stereocenters. The number of hydrogen-bond acceptors (Lipinski definition) is 3. The molecule has 3 aromatic rings. The number of anilines is 1. The predicted octanol–water partition coefficient (Wildman–Crippen LogP) is 5.10. The quantitative estimate of drug-likeness (QED) is 0.353. The Hall–Kier alpha value is -2.10. The van der Waals surface area contributed by atoms with Crippen molar-refractivity contribution < 1.29 is 18.3 Å². The van der Waals surface area contributed by atoms with E-state index in [0.29, 0.717) is 23.5 Å². The average molecular weight is 475 g/mol. The Morgan fingerprint density at radius 1 is 1.22 bits per heavy atom. The van der Waals surface area contributed by atoms with E-state index < -0.39 is 23.6 Å². The standard InChI is InChI=1S/C23H25F2N3O2P2/c1-12(31)6-7-30-15-9-16(24)21(17(25)10-15)22-20(13-2-3-13)23(29)28(22)14-4-5-19-18(8-14)26-11-27(19)32/h4-5,8-13,20,22H,2-3,6-7,31-32H2,1H3/t12?,20?,22-/m1/s1. The number of benzene rings is 2. The van der Waals surface area contributed by atoms with E-state index in [1.54, 1.807) is 22.8 Å². The Bertz CT molecular complexity index is 1170. The number of halogens is 2. The topological polar surface area (TPSA) is 47.4 Å². The number of carbonyl (C=O) groups is 1. The van der Waals surface area contributed by atoms with Gasteiger partial charge in [-0.2, -0.15) is 0 Å². The summed E-state index contributed by atoms with van der Waals surface area (Å²) in [6.45, 7) is 2.41. The lowest BCUT2D eigenvalue weighted by molar-refractivity contribution is -0.131. The first-order valence-corrected chi connectivity index (χ1v) is 12.0. The molecule has 5 atom stereocenters. The van der Waals surface area contributed by atoms with E-state index in [1.165, 1.54) is 17.0 Å². The van der Waals surface area contributed by atoms with E-state index in [4.69, 9.17) is 4.74 Å². The summed E-state index contributed by atoms with van der Waals surface area (Å²) in [7, 11) is 5.22. The van der Waals surface area contributed by atoms with Gasteiger partial charge in [0.25, 0.3) is 0 Å². The minimum Gasteiger partial charge on any atom is -0.493 e. The summed E-state index contributed by atoms with van der Waals surface area (Å²) >= 11 is 0. The van der Waals surface area contributed by atoms with Crippen molar-refractivity contribution in [2.45, 2.75) is 37.9 Å². The minimum atomic E-state index is -0.678. The maximum absolute atomic E-state index is 15.2. The number of ether oxygens (including phenoxy) is 1. The van der Waals surface area contributed by atoms with Gasteiger partial charge < -0.3 is 14.0 Å². The molecule has 5 nitrogen and oxygen atoms in total. The summed E-state index contributed by atoms with van der Waals surface area (Å²) in [5, 5.41) is 0. The molecule has 0 bridgehead atoms. The van der Waals surface area contributed by atoms with Gasteiger partial charge in [0.2, 0.25) is 5.91 Å². The van der Waals surface area contributed by atoms with Crippen molar-refractivity contribution >= 4 is 41.3 Å². The number of β-lactam (4-membered cyclic amide) rings is 1. The molecule has 1 aliphatic heterocycles. The highest BCUT2D eigenvalue weighted by Gasteiger charge is 2.56. The van der Waals surface area contributed by atoms with Gasteiger partial charge in [-0.3, -0.25) is 4.79 Å². The molecule has 1 amide bonds. The molecule has 168 valence electrons. The molecule has 2 fully saturated rings. The summed E-state index contributed by atoms with van der Waals surface area (Å²) in [6, 6.07) is 7.24. The Morgan fingerprint density at radius 2 is 1.94 bits per heavy atom. The van der Waals surface area contributed by atoms with Gasteiger partial charge in [0, 0.05) is 23.4 Å². The van der Waals surface area contributed by atoms with E-state index in [-0.39, 0.29) is 23.1 Å². The minimum absolute atomic E-state index is 0.0649. The van der Waals surface area contributed by atoms with E-state index in [1.807, 2.05) is 13.0 Å². The number of imidazole rings is 1. The van der Waals surface area contributed by atoms with Crippen LogP contribution in [0.1, 0.15) is 37.8 Å². The van der Waals surface area contributed by atoms with Crippen molar-refractivity contribution in [2.24, 2.45) is 11.8 Å². The first-order valence-electron chi connectivity index (χ1n) is 10.8. The van der Waals surface area contributed by atoms with E-state index >= 15 is 8.78 Å². The van der Waals surface area contributed by atoms with Crippen LogP contribution in [-0.4, -0.2) is 27.5 Å². The zero-order valence-electron chi connectivity index (χ0n) is 17.7. The number of amides is 1. The predicted molar refractivity (Wildman–Crippen MR) is 127 cm³/mol. The Morgan fingerprint density at radius 3 is 2.59 bits per heavy atom. The third-order valence-electron chi connectivity index (χ3n) is 6.30. The summed E-state index contributed by atoms with van der Waals surface area (Å²) < 4.78 is 37.8. The number of fused-ring (bicyclic) bond motifs is 1. The SMILES string of the molecule is CC(P)CCOc1cc(F)c([C@H]2C(C3CC3)C(=O)N2c2ccc3c(c2)ncn3P)c(F)c1. The first kappa shape index (κ1) is 21.7. The van der Waals surface area contributed by atoms with Crippen LogP contribution >= 0.6 is 18.6 Å². The van der Waals surface area contributed by atoms with Crippen LogP contribution in [0.25, 0.3) is 11.0 Å². The first-order chi connectivity index (χ1) is 15.3. The number of hydrogen-bond donors (Lipinski definition) is 0. The Balaban J connectivity index is 1.49. The van der Waals surface area contributed by atoms with Gasteiger partial charge in [-0.25, -0.2) is 13.8 Å². The van der Waals surface area contributed by atoms with Gasteiger partial charge in [0.15, 0.2) is 0 Å². The molecule has 1 aliphatic carbocycles. The van der Waals surface area contributed by atoms with E-state index in [0.717, 1.165) is 24.8 Å². The molecule has 2 heterocycles. The molecule has 1 aromatic heterocycles. The molecule has 32 heavy (non-hydrogen) atoms. The van der Waals surface area contributed by atoms with Crippen LogP contribution in [0.2, 0.25) is 0 Å². The number of rotatable bonds is 7. The Kier molecular flexibility index (Phi) is 5.67. The summed E-state index contributed by atoms with van der Waals surface area (Å²) in [5.74, 6) is -1.50. The number of carbonyl (C=O) groups excluding carboxylic acids is 1. The highest BCUT2D eigenvalue weighted by atomic mass is 31.0. The largest absolute Gasteiger partial charge is 0.493 e. The number of nitrogens with zero attached hydrogens (tertiary/aromatic N) is 3. The second kappa shape index (κ2) is 8.35. The van der Waals surface area contributed by atoms with Crippen LogP contribution < -0.4 is 9.64 Å². The lowest BCUT2D eigenvalue weighted by Crippen LogP contribution is -2.56. The van der Waals surface area contributed by atoms with Crippen LogP contribution in [0.15, 0.2) is 36.7 Å². The van der Waals surface area contributed by atoms with Crippen molar-refractivity contribution in [1.82, 2.24) is 9.32 Å². The summed E-state index contributed by atoms with van der Waals surface area (Å²) in [4.78, 5) is 18.9. The normalized spacial score (nSPS) is 21.7. The van der Waals surface area contributed by atoms with Crippen molar-refractivity contribution in [3.63, 3.8) is 0 Å². The molecule has 1 saturated heterocycles. The molecule has 0 spiro atoms. The van der Waals surface area contributed by atoms with Crippen molar-refractivity contribution in [2.75, 3.05) is 11.5 Å². The molecule has 2 aliphatic rings. The van der Waals surface area contributed by atoms with Gasteiger partial charge in [0.1, 0.15) is 17.4 Å². The highest BCUT2D eigenvalue weighted by molar-refractivity contribution is 7.17. The molecule has 1 saturated carbocycles. The smallest absolute Gasteiger partial charge is 0.233 e. The van der Waals surface area contributed by atoms with Crippen molar-refractivity contribution in [3.05, 3.63) is 53.9 Å².